The number of aromatic nitrogens is 1. The van der Waals surface area contributed by atoms with Crippen molar-refractivity contribution in [1.82, 2.24) is 19.3 Å². The maximum atomic E-state index is 13.3. The van der Waals surface area contributed by atoms with E-state index in [0.29, 0.717) is 11.6 Å². The number of sulfonamides is 1. The molecule has 1 aromatic heterocycles. The van der Waals surface area contributed by atoms with Gasteiger partial charge in [-0.2, -0.15) is 4.31 Å². The average Bonchev–Trinajstić information content (AvgIpc) is 2.88. The fourth-order valence-corrected chi connectivity index (χ4v) is 6.70. The summed E-state index contributed by atoms with van der Waals surface area (Å²) in [6, 6.07) is 14.7. The van der Waals surface area contributed by atoms with Crippen LogP contribution in [0, 0.1) is 6.92 Å². The van der Waals surface area contributed by atoms with Crippen LogP contribution < -0.4 is 4.90 Å². The number of hydrogen-bond donors (Lipinski definition) is 0. The highest BCUT2D eigenvalue weighted by molar-refractivity contribution is 7.89. The van der Waals surface area contributed by atoms with Crippen molar-refractivity contribution in [2.45, 2.75) is 30.7 Å². The quantitative estimate of drug-likeness (QED) is 0.467. The Balaban J connectivity index is 0.00000320. The van der Waals surface area contributed by atoms with Gasteiger partial charge in [-0.15, -0.1) is 12.4 Å². The number of hydrogen-bond acceptors (Lipinski definition) is 6. The summed E-state index contributed by atoms with van der Waals surface area (Å²) < 4.78 is 27.9. The van der Waals surface area contributed by atoms with Crippen LogP contribution in [-0.2, 0) is 14.8 Å². The van der Waals surface area contributed by atoms with E-state index >= 15 is 0 Å². The molecule has 198 valence electrons. The van der Waals surface area contributed by atoms with Gasteiger partial charge in [-0.05, 0) is 66.9 Å². The number of hydrazine groups is 1. The molecule has 2 aliphatic rings. The third-order valence-electron chi connectivity index (χ3n) is 7.19. The average molecular weight is 565 g/mol. The summed E-state index contributed by atoms with van der Waals surface area (Å²) in [4.78, 5) is 19.9. The fraction of sp³-hybridized carbons (Fsp3) is 0.385. The number of fused-ring (bicyclic) bond motifs is 1. The molecule has 1 amide bonds. The van der Waals surface area contributed by atoms with Crippen LogP contribution in [0.25, 0.3) is 10.8 Å². The molecule has 2 aromatic carbocycles. The van der Waals surface area contributed by atoms with E-state index in [9.17, 15) is 13.2 Å². The van der Waals surface area contributed by atoms with E-state index in [1.807, 2.05) is 31.2 Å². The lowest BCUT2D eigenvalue weighted by Crippen LogP contribution is -2.60. The number of nitrogens with zero attached hydrogens (tertiary/aromatic N) is 5. The van der Waals surface area contributed by atoms with Crippen LogP contribution in [0.4, 0.5) is 5.69 Å². The van der Waals surface area contributed by atoms with E-state index in [0.717, 1.165) is 42.4 Å². The summed E-state index contributed by atoms with van der Waals surface area (Å²) in [7, 11) is -1.85. The zero-order valence-electron chi connectivity index (χ0n) is 20.9. The monoisotopic (exact) mass is 563 g/mol. The van der Waals surface area contributed by atoms with Crippen molar-refractivity contribution in [1.29, 1.82) is 0 Å². The molecule has 0 aliphatic carbocycles. The van der Waals surface area contributed by atoms with E-state index in [1.54, 1.807) is 41.4 Å². The summed E-state index contributed by atoms with van der Waals surface area (Å²) in [5.74, 6) is -0.202. The summed E-state index contributed by atoms with van der Waals surface area (Å²) in [5.41, 5.74) is 2.17. The normalized spacial score (nSPS) is 17.9. The second-order valence-corrected chi connectivity index (χ2v) is 11.8. The number of piperidine rings is 1. The second-order valence-electron chi connectivity index (χ2n) is 9.46. The first kappa shape index (κ1) is 27.6. The Kier molecular flexibility index (Phi) is 8.30. The van der Waals surface area contributed by atoms with Crippen molar-refractivity contribution in [2.75, 3.05) is 44.7 Å². The van der Waals surface area contributed by atoms with E-state index in [-0.39, 0.29) is 42.3 Å². The SMILES string of the molecule is Cc1cc(N2CCC(N(C)N3CCN(S(=O)(=O)c4ccc5cc(Cl)ccc5c4)CC3=O)CC2)ccn1.Cl. The van der Waals surface area contributed by atoms with E-state index < -0.39 is 10.0 Å². The molecule has 2 saturated heterocycles. The van der Waals surface area contributed by atoms with Crippen molar-refractivity contribution in [3.05, 3.63) is 65.4 Å². The van der Waals surface area contributed by atoms with Crippen molar-refractivity contribution in [3.8, 4) is 0 Å². The number of carbonyl (C=O) groups excluding carboxylic acids is 1. The van der Waals surface area contributed by atoms with Gasteiger partial charge in [0.1, 0.15) is 0 Å². The number of piperazine rings is 1. The number of aryl methyl sites for hydroxylation is 1. The standard InChI is InChI=1S/C26H30ClN5O3S.ClH/c1-19-15-24(7-10-28-19)30-11-8-23(9-12-30)29(2)32-14-13-31(18-26(32)33)36(34,35)25-6-4-20-16-22(27)5-3-21(20)17-25;/h3-7,10,15-17,23H,8-9,11-14,18H2,1-2H3;1H. The highest BCUT2D eigenvalue weighted by Crippen LogP contribution is 2.27. The highest BCUT2D eigenvalue weighted by Gasteiger charge is 2.36. The minimum atomic E-state index is -3.79. The lowest BCUT2D eigenvalue weighted by molar-refractivity contribution is -0.156. The molecule has 5 rings (SSSR count). The first-order valence-corrected chi connectivity index (χ1v) is 13.9. The summed E-state index contributed by atoms with van der Waals surface area (Å²) in [6.07, 6.45) is 3.68. The largest absolute Gasteiger partial charge is 0.371 e. The molecule has 0 spiro atoms. The molecule has 2 aliphatic heterocycles. The summed E-state index contributed by atoms with van der Waals surface area (Å²) in [5, 5.41) is 5.99. The molecular weight excluding hydrogens is 533 g/mol. The molecule has 0 N–H and O–H groups in total. The first-order chi connectivity index (χ1) is 17.2. The van der Waals surface area contributed by atoms with Crippen LogP contribution in [0.5, 0.6) is 0 Å². The second kappa shape index (κ2) is 11.1. The van der Waals surface area contributed by atoms with Crippen LogP contribution in [0.3, 0.4) is 0 Å². The molecule has 0 bridgehead atoms. The number of benzene rings is 2. The number of pyridine rings is 1. The maximum Gasteiger partial charge on any atom is 0.252 e. The van der Waals surface area contributed by atoms with E-state index in [4.69, 9.17) is 11.6 Å². The number of rotatable bonds is 5. The van der Waals surface area contributed by atoms with Gasteiger partial charge < -0.3 is 4.90 Å². The van der Waals surface area contributed by atoms with Gasteiger partial charge >= 0.3 is 0 Å². The Bertz CT molecular complexity index is 1400. The topological polar surface area (TPSA) is 77.1 Å². The molecule has 11 heteroatoms. The van der Waals surface area contributed by atoms with Gasteiger partial charge in [-0.1, -0.05) is 23.7 Å². The Hall–Kier alpha value is -2.43. The van der Waals surface area contributed by atoms with Crippen molar-refractivity contribution in [2.24, 2.45) is 0 Å². The summed E-state index contributed by atoms with van der Waals surface area (Å²) in [6.45, 7) is 4.21. The molecule has 2 fully saturated rings. The number of anilines is 1. The number of carbonyl (C=O) groups is 1. The maximum absolute atomic E-state index is 13.3. The molecule has 0 saturated carbocycles. The van der Waals surface area contributed by atoms with Crippen LogP contribution >= 0.6 is 24.0 Å². The molecule has 8 nitrogen and oxygen atoms in total. The van der Waals surface area contributed by atoms with Gasteiger partial charge in [0.25, 0.3) is 5.91 Å². The number of halogens is 2. The lowest BCUT2D eigenvalue weighted by atomic mass is 10.0. The van der Waals surface area contributed by atoms with Gasteiger partial charge in [0.2, 0.25) is 10.0 Å². The third-order valence-corrected chi connectivity index (χ3v) is 9.27. The first-order valence-electron chi connectivity index (χ1n) is 12.1. The van der Waals surface area contributed by atoms with Gasteiger partial charge in [-0.3, -0.25) is 14.8 Å². The molecule has 37 heavy (non-hydrogen) atoms. The fourth-order valence-electron chi connectivity index (χ4n) is 5.11. The Morgan fingerprint density at radius 3 is 2.38 bits per heavy atom. The van der Waals surface area contributed by atoms with Gasteiger partial charge in [-0.25, -0.2) is 13.4 Å². The third kappa shape index (κ3) is 5.71. The minimum Gasteiger partial charge on any atom is -0.371 e. The minimum absolute atomic E-state index is 0. The predicted octanol–water partition coefficient (Wildman–Crippen LogP) is 3.97. The van der Waals surface area contributed by atoms with Gasteiger partial charge in [0.05, 0.1) is 18.0 Å². The van der Waals surface area contributed by atoms with Crippen molar-refractivity contribution in [3.63, 3.8) is 0 Å². The van der Waals surface area contributed by atoms with E-state index in [1.165, 1.54) is 9.99 Å². The Morgan fingerprint density at radius 1 is 0.973 bits per heavy atom. The Morgan fingerprint density at radius 2 is 1.68 bits per heavy atom. The number of amides is 1. The van der Waals surface area contributed by atoms with Crippen LogP contribution in [0.2, 0.25) is 5.02 Å². The van der Waals surface area contributed by atoms with Crippen LogP contribution in [0.15, 0.2) is 59.6 Å². The van der Waals surface area contributed by atoms with Crippen LogP contribution in [-0.4, -0.2) is 79.4 Å². The van der Waals surface area contributed by atoms with Crippen molar-refractivity contribution >= 4 is 56.4 Å². The Labute approximate surface area is 229 Å². The molecule has 0 unspecified atom stereocenters. The highest BCUT2D eigenvalue weighted by atomic mass is 35.5. The smallest absolute Gasteiger partial charge is 0.252 e. The molecular formula is C26H31Cl2N5O3S. The van der Waals surface area contributed by atoms with E-state index in [2.05, 4.69) is 16.0 Å². The summed E-state index contributed by atoms with van der Waals surface area (Å²) >= 11 is 6.05. The predicted molar refractivity (Wildman–Crippen MR) is 149 cm³/mol. The molecule has 3 heterocycles. The van der Waals surface area contributed by atoms with Gasteiger partial charge in [0.15, 0.2) is 0 Å². The zero-order chi connectivity index (χ0) is 25.4. The molecule has 3 aromatic rings. The molecule has 0 radical (unpaired) electrons. The van der Waals surface area contributed by atoms with Crippen LogP contribution in [0.1, 0.15) is 18.5 Å². The lowest BCUT2D eigenvalue weighted by Gasteiger charge is -2.45. The zero-order valence-corrected chi connectivity index (χ0v) is 23.3. The molecule has 0 atom stereocenters. The van der Waals surface area contributed by atoms with Crippen molar-refractivity contribution < 1.29 is 13.2 Å². The van der Waals surface area contributed by atoms with Gasteiger partial charge in [0, 0.05) is 55.3 Å².